The second-order valence-electron chi connectivity index (χ2n) is 6.55. The van der Waals surface area contributed by atoms with Gasteiger partial charge in [0.25, 0.3) is 0 Å². The Labute approximate surface area is 142 Å². The number of carbonyl (C=O) groups excluding carboxylic acids is 2. The Kier molecular flexibility index (Phi) is 6.88. The van der Waals surface area contributed by atoms with Crippen LogP contribution in [0.5, 0.6) is 11.5 Å². The monoisotopic (exact) mass is 338 g/mol. The molecule has 1 aromatic rings. The molecule has 134 valence electrons. The van der Waals surface area contributed by atoms with Crippen molar-refractivity contribution in [2.45, 2.75) is 46.1 Å². The summed E-state index contributed by atoms with van der Waals surface area (Å²) in [6.07, 6.45) is 0.134. The molecule has 0 fully saturated rings. The molecule has 0 aliphatic rings. The van der Waals surface area contributed by atoms with Gasteiger partial charge in [-0.15, -0.1) is 0 Å². The number of rotatable bonds is 6. The fraction of sp³-hybridized carbons (Fsp3) is 0.529. The number of amides is 2. The van der Waals surface area contributed by atoms with E-state index in [1.807, 2.05) is 6.92 Å². The number of nitrogens with one attached hydrogen (secondary N) is 2. The maximum atomic E-state index is 11.7. The molecule has 0 spiro atoms. The van der Waals surface area contributed by atoms with Crippen LogP contribution in [0.2, 0.25) is 0 Å². The Morgan fingerprint density at radius 3 is 2.33 bits per heavy atom. The number of hydrogen-bond donors (Lipinski definition) is 4. The summed E-state index contributed by atoms with van der Waals surface area (Å²) in [5.41, 5.74) is 1.11. The fourth-order valence-corrected chi connectivity index (χ4v) is 2.01. The summed E-state index contributed by atoms with van der Waals surface area (Å²) in [5, 5.41) is 24.1. The highest BCUT2D eigenvalue weighted by molar-refractivity contribution is 5.77. The molecule has 24 heavy (non-hydrogen) atoms. The quantitative estimate of drug-likeness (QED) is 0.593. The highest BCUT2D eigenvalue weighted by Gasteiger charge is 2.15. The van der Waals surface area contributed by atoms with Crippen LogP contribution >= 0.6 is 0 Å². The van der Waals surface area contributed by atoms with Crippen molar-refractivity contribution in [1.29, 1.82) is 0 Å². The molecule has 1 aromatic carbocycles. The minimum absolute atomic E-state index is 0.152. The number of aryl methyl sites for hydroxylation is 1. The number of ether oxygens (including phenoxy) is 1. The Morgan fingerprint density at radius 2 is 1.71 bits per heavy atom. The van der Waals surface area contributed by atoms with Crippen molar-refractivity contribution < 1.29 is 24.5 Å². The molecule has 0 radical (unpaired) electrons. The van der Waals surface area contributed by atoms with E-state index in [0.29, 0.717) is 13.0 Å². The van der Waals surface area contributed by atoms with E-state index in [1.54, 1.807) is 20.8 Å². The van der Waals surface area contributed by atoms with Gasteiger partial charge >= 0.3 is 6.09 Å². The van der Waals surface area contributed by atoms with Crippen molar-refractivity contribution in [3.05, 3.63) is 23.3 Å². The van der Waals surface area contributed by atoms with Crippen molar-refractivity contribution in [1.82, 2.24) is 10.6 Å². The molecule has 0 atom stereocenters. The summed E-state index contributed by atoms with van der Waals surface area (Å²) in [5.74, 6) is -0.524. The van der Waals surface area contributed by atoms with Gasteiger partial charge in [-0.1, -0.05) is 0 Å². The summed E-state index contributed by atoms with van der Waals surface area (Å²) in [7, 11) is 0. The van der Waals surface area contributed by atoms with Crippen LogP contribution in [0.25, 0.3) is 0 Å². The third-order valence-electron chi connectivity index (χ3n) is 3.17. The lowest BCUT2D eigenvalue weighted by Crippen LogP contribution is -2.35. The van der Waals surface area contributed by atoms with Crippen molar-refractivity contribution in [3.63, 3.8) is 0 Å². The topological polar surface area (TPSA) is 108 Å². The molecule has 0 unspecified atom stereocenters. The van der Waals surface area contributed by atoms with Gasteiger partial charge in [-0.25, -0.2) is 4.79 Å². The zero-order valence-electron chi connectivity index (χ0n) is 14.6. The van der Waals surface area contributed by atoms with Gasteiger partial charge in [-0.05, 0) is 57.4 Å². The lowest BCUT2D eigenvalue weighted by molar-refractivity contribution is -0.120. The molecular weight excluding hydrogens is 312 g/mol. The maximum absolute atomic E-state index is 11.7. The lowest BCUT2D eigenvalue weighted by Gasteiger charge is -2.19. The molecule has 7 heteroatoms. The van der Waals surface area contributed by atoms with Crippen molar-refractivity contribution in [2.75, 3.05) is 13.1 Å². The first-order chi connectivity index (χ1) is 11.1. The van der Waals surface area contributed by atoms with Gasteiger partial charge < -0.3 is 25.6 Å². The number of carbonyl (C=O) groups is 2. The third-order valence-corrected chi connectivity index (χ3v) is 3.17. The average molecular weight is 338 g/mol. The van der Waals surface area contributed by atoms with Crippen LogP contribution in [-0.4, -0.2) is 40.9 Å². The molecule has 0 saturated heterocycles. The number of aromatic hydroxyl groups is 2. The van der Waals surface area contributed by atoms with E-state index in [4.69, 9.17) is 4.74 Å². The summed E-state index contributed by atoms with van der Waals surface area (Å²) >= 11 is 0. The van der Waals surface area contributed by atoms with Crippen LogP contribution in [0, 0.1) is 6.92 Å². The van der Waals surface area contributed by atoms with E-state index in [9.17, 15) is 19.8 Å². The summed E-state index contributed by atoms with van der Waals surface area (Å²) in [6.45, 7) is 7.71. The Balaban J connectivity index is 2.28. The van der Waals surface area contributed by atoms with Crippen LogP contribution in [0.3, 0.4) is 0 Å². The van der Waals surface area contributed by atoms with Gasteiger partial charge in [0, 0.05) is 19.5 Å². The minimum atomic E-state index is -0.570. The van der Waals surface area contributed by atoms with Crippen molar-refractivity contribution in [2.24, 2.45) is 0 Å². The predicted molar refractivity (Wildman–Crippen MR) is 90.1 cm³/mol. The third kappa shape index (κ3) is 7.21. The maximum Gasteiger partial charge on any atom is 0.407 e. The Hall–Kier alpha value is -2.44. The second-order valence-corrected chi connectivity index (χ2v) is 6.55. The number of phenols is 2. The van der Waals surface area contributed by atoms with Crippen LogP contribution in [0.1, 0.15) is 38.3 Å². The normalized spacial score (nSPS) is 11.0. The van der Waals surface area contributed by atoms with Crippen molar-refractivity contribution >= 4 is 12.0 Å². The van der Waals surface area contributed by atoms with E-state index >= 15 is 0 Å². The van der Waals surface area contributed by atoms with Gasteiger partial charge in [-0.2, -0.15) is 0 Å². The first kappa shape index (κ1) is 19.6. The van der Waals surface area contributed by atoms with Gasteiger partial charge in [0.15, 0.2) is 11.5 Å². The molecular formula is C17H26N2O5. The highest BCUT2D eigenvalue weighted by atomic mass is 16.6. The molecule has 0 aliphatic heterocycles. The van der Waals surface area contributed by atoms with Gasteiger partial charge in [0.2, 0.25) is 5.91 Å². The van der Waals surface area contributed by atoms with E-state index in [2.05, 4.69) is 10.6 Å². The minimum Gasteiger partial charge on any atom is -0.504 e. The number of alkyl carbamates (subject to hydrolysis) is 1. The number of benzene rings is 1. The summed E-state index contributed by atoms with van der Waals surface area (Å²) < 4.78 is 5.07. The fourth-order valence-electron chi connectivity index (χ4n) is 2.01. The smallest absolute Gasteiger partial charge is 0.407 e. The number of hydrogen-bond acceptors (Lipinski definition) is 5. The van der Waals surface area contributed by atoms with Crippen LogP contribution in [0.15, 0.2) is 12.1 Å². The van der Waals surface area contributed by atoms with Crippen LogP contribution < -0.4 is 10.6 Å². The zero-order valence-corrected chi connectivity index (χ0v) is 14.6. The molecule has 2 amide bonds. The molecule has 0 saturated carbocycles. The molecule has 0 aromatic heterocycles. The molecule has 4 N–H and O–H groups in total. The lowest BCUT2D eigenvalue weighted by atomic mass is 10.0. The van der Waals surface area contributed by atoms with E-state index in [-0.39, 0.29) is 30.4 Å². The zero-order chi connectivity index (χ0) is 18.3. The van der Waals surface area contributed by atoms with Crippen LogP contribution in [0.4, 0.5) is 4.79 Å². The average Bonchev–Trinajstić information content (AvgIpc) is 2.42. The summed E-state index contributed by atoms with van der Waals surface area (Å²) in [6, 6.07) is 2.97. The van der Waals surface area contributed by atoms with Gasteiger partial charge in [-0.3, -0.25) is 4.79 Å². The highest BCUT2D eigenvalue weighted by Crippen LogP contribution is 2.27. The summed E-state index contributed by atoms with van der Waals surface area (Å²) in [4.78, 5) is 23.1. The van der Waals surface area contributed by atoms with Gasteiger partial charge in [0.1, 0.15) is 5.60 Å². The Bertz CT molecular complexity index is 593. The van der Waals surface area contributed by atoms with Gasteiger partial charge in [0.05, 0.1) is 0 Å². The van der Waals surface area contributed by atoms with E-state index < -0.39 is 11.7 Å². The first-order valence-electron chi connectivity index (χ1n) is 7.83. The molecule has 1 rings (SSSR count). The largest absolute Gasteiger partial charge is 0.504 e. The standard InChI is InChI=1S/C17H26N2O5/c1-11-9-13(20)14(21)10-12(11)5-7-18-15(22)6-8-19-16(23)24-17(2,3)4/h9-10,20-21H,5-8H2,1-4H3,(H,18,22)(H,19,23). The molecule has 0 aliphatic carbocycles. The van der Waals surface area contributed by atoms with E-state index in [0.717, 1.165) is 11.1 Å². The molecule has 7 nitrogen and oxygen atoms in total. The SMILES string of the molecule is Cc1cc(O)c(O)cc1CCNC(=O)CCNC(=O)OC(C)(C)C. The van der Waals surface area contributed by atoms with Crippen molar-refractivity contribution in [3.8, 4) is 11.5 Å². The first-order valence-corrected chi connectivity index (χ1v) is 7.83. The predicted octanol–water partition coefficient (Wildman–Crippen LogP) is 1.98. The van der Waals surface area contributed by atoms with Crippen LogP contribution in [-0.2, 0) is 16.0 Å². The molecule has 0 bridgehead atoms. The number of phenolic OH excluding ortho intramolecular Hbond substituents is 2. The van der Waals surface area contributed by atoms with E-state index in [1.165, 1.54) is 12.1 Å². The second kappa shape index (κ2) is 8.42. The Morgan fingerprint density at radius 1 is 1.08 bits per heavy atom. The molecule has 0 heterocycles.